The van der Waals surface area contributed by atoms with Crippen LogP contribution in [0.15, 0.2) is 48.1 Å². The highest BCUT2D eigenvalue weighted by atomic mass is 35.5. The number of ether oxygens (including phenoxy) is 2. The molecule has 2 aromatic heterocycles. The molecule has 172 valence electrons. The Bertz CT molecular complexity index is 1290. The van der Waals surface area contributed by atoms with Gasteiger partial charge in [-0.05, 0) is 45.0 Å². The highest BCUT2D eigenvalue weighted by Crippen LogP contribution is 2.37. The second kappa shape index (κ2) is 9.50. The van der Waals surface area contributed by atoms with Gasteiger partial charge in [0.2, 0.25) is 0 Å². The number of benzene rings is 2. The van der Waals surface area contributed by atoms with Crippen molar-refractivity contribution in [1.82, 2.24) is 14.9 Å². The Labute approximate surface area is 205 Å². The van der Waals surface area contributed by atoms with Crippen LogP contribution in [0.3, 0.4) is 0 Å². The molecule has 0 saturated carbocycles. The molecule has 3 heterocycles. The molecule has 0 unspecified atom stereocenters. The minimum atomic E-state index is -0.485. The molecular formula is C24H22Cl2FN3O2S. The van der Waals surface area contributed by atoms with Crippen LogP contribution >= 0.6 is 34.5 Å². The monoisotopic (exact) mass is 505 g/mol. The van der Waals surface area contributed by atoms with Crippen molar-refractivity contribution < 1.29 is 13.9 Å². The lowest BCUT2D eigenvalue weighted by molar-refractivity contribution is 0.161. The number of nitrogens with zero attached hydrogens (tertiary/aromatic N) is 2. The molecule has 1 aliphatic heterocycles. The maximum absolute atomic E-state index is 13.7. The molecule has 0 aliphatic carbocycles. The lowest BCUT2D eigenvalue weighted by atomic mass is 10.1. The van der Waals surface area contributed by atoms with E-state index in [1.807, 2.05) is 41.1 Å². The SMILES string of the molecule is C[C@@H](Oc1csc(-n2cnc3cc(F)c(Cl)cc32)c1)c1cccc(OC2CCNCC2)c1Cl. The van der Waals surface area contributed by atoms with Crippen LogP contribution in [-0.4, -0.2) is 28.7 Å². The summed E-state index contributed by atoms with van der Waals surface area (Å²) in [5.74, 6) is 0.913. The van der Waals surface area contributed by atoms with Gasteiger partial charge in [0.15, 0.2) is 0 Å². The van der Waals surface area contributed by atoms with Crippen LogP contribution in [0.1, 0.15) is 31.4 Å². The maximum atomic E-state index is 13.7. The third-order valence-corrected chi connectivity index (χ3v) is 7.31. The molecule has 1 fully saturated rings. The largest absolute Gasteiger partial charge is 0.489 e. The van der Waals surface area contributed by atoms with E-state index in [1.165, 1.54) is 17.4 Å². The molecule has 4 aromatic rings. The normalized spacial score (nSPS) is 15.6. The zero-order chi connectivity index (χ0) is 22.9. The first-order valence-corrected chi connectivity index (χ1v) is 12.4. The minimum Gasteiger partial charge on any atom is -0.489 e. The molecule has 2 aromatic carbocycles. The quantitative estimate of drug-likeness (QED) is 0.312. The van der Waals surface area contributed by atoms with Gasteiger partial charge in [0.25, 0.3) is 0 Å². The molecule has 0 bridgehead atoms. The standard InChI is InChI=1S/C24H22Cl2FN3O2S/c1-14(17-3-2-4-22(24(17)26)32-15-5-7-28-8-6-15)31-16-9-23(33-12-16)30-13-29-20-11-19(27)18(25)10-21(20)30/h2-4,9-15,28H,5-8H2,1H3/t14-/m1/s1. The molecule has 1 N–H and O–H groups in total. The summed E-state index contributed by atoms with van der Waals surface area (Å²) in [4.78, 5) is 4.28. The second-order valence-corrected chi connectivity index (χ2v) is 9.65. The van der Waals surface area contributed by atoms with E-state index in [4.69, 9.17) is 32.7 Å². The Balaban J connectivity index is 1.34. The van der Waals surface area contributed by atoms with E-state index in [2.05, 4.69) is 10.3 Å². The summed E-state index contributed by atoms with van der Waals surface area (Å²) in [6.45, 7) is 3.87. The van der Waals surface area contributed by atoms with Crippen molar-refractivity contribution in [3.63, 3.8) is 0 Å². The first-order valence-electron chi connectivity index (χ1n) is 10.7. The number of fused-ring (bicyclic) bond motifs is 1. The highest BCUT2D eigenvalue weighted by molar-refractivity contribution is 7.12. The van der Waals surface area contributed by atoms with Crippen LogP contribution in [0, 0.1) is 5.82 Å². The average molecular weight is 506 g/mol. The highest BCUT2D eigenvalue weighted by Gasteiger charge is 2.20. The van der Waals surface area contributed by atoms with Gasteiger partial charge >= 0.3 is 0 Å². The molecular weight excluding hydrogens is 484 g/mol. The first kappa shape index (κ1) is 22.5. The number of hydrogen-bond acceptors (Lipinski definition) is 5. The molecule has 33 heavy (non-hydrogen) atoms. The molecule has 1 atom stereocenters. The number of thiophene rings is 1. The van der Waals surface area contributed by atoms with Crippen molar-refractivity contribution in [2.75, 3.05) is 13.1 Å². The van der Waals surface area contributed by atoms with E-state index in [-0.39, 0.29) is 17.2 Å². The van der Waals surface area contributed by atoms with Crippen molar-refractivity contribution in [3.05, 3.63) is 69.5 Å². The Morgan fingerprint density at radius 1 is 1.21 bits per heavy atom. The van der Waals surface area contributed by atoms with E-state index in [0.29, 0.717) is 22.0 Å². The Hall–Kier alpha value is -2.32. The summed E-state index contributed by atoms with van der Waals surface area (Å²) in [6, 6.07) is 10.6. The van der Waals surface area contributed by atoms with Gasteiger partial charge in [0, 0.05) is 23.1 Å². The fraction of sp³-hybridized carbons (Fsp3) is 0.292. The van der Waals surface area contributed by atoms with Crippen molar-refractivity contribution >= 4 is 45.6 Å². The van der Waals surface area contributed by atoms with Gasteiger partial charge < -0.3 is 14.8 Å². The van der Waals surface area contributed by atoms with Crippen molar-refractivity contribution in [2.24, 2.45) is 0 Å². The lowest BCUT2D eigenvalue weighted by Gasteiger charge is -2.25. The third kappa shape index (κ3) is 4.68. The van der Waals surface area contributed by atoms with Gasteiger partial charge in [-0.1, -0.05) is 35.3 Å². The summed E-state index contributed by atoms with van der Waals surface area (Å²) < 4.78 is 28.0. The summed E-state index contributed by atoms with van der Waals surface area (Å²) >= 11 is 14.2. The summed E-state index contributed by atoms with van der Waals surface area (Å²) in [5, 5.41) is 6.79. The smallest absolute Gasteiger partial charge is 0.144 e. The molecule has 1 aliphatic rings. The Morgan fingerprint density at radius 2 is 2.03 bits per heavy atom. The van der Waals surface area contributed by atoms with E-state index < -0.39 is 5.82 Å². The fourth-order valence-electron chi connectivity index (χ4n) is 3.97. The molecule has 0 radical (unpaired) electrons. The fourth-order valence-corrected chi connectivity index (χ4v) is 5.26. The zero-order valence-corrected chi connectivity index (χ0v) is 20.2. The summed E-state index contributed by atoms with van der Waals surface area (Å²) in [6.07, 6.45) is 3.47. The summed E-state index contributed by atoms with van der Waals surface area (Å²) in [7, 11) is 0. The zero-order valence-electron chi connectivity index (χ0n) is 17.9. The molecule has 0 amide bonds. The number of aromatic nitrogens is 2. The van der Waals surface area contributed by atoms with Crippen LogP contribution in [0.2, 0.25) is 10.0 Å². The van der Waals surface area contributed by atoms with Crippen molar-refractivity contribution in [1.29, 1.82) is 0 Å². The number of piperidine rings is 1. The van der Waals surface area contributed by atoms with Crippen LogP contribution in [-0.2, 0) is 0 Å². The van der Waals surface area contributed by atoms with Crippen molar-refractivity contribution in [3.8, 4) is 16.5 Å². The van der Waals surface area contributed by atoms with Crippen molar-refractivity contribution in [2.45, 2.75) is 32.0 Å². The minimum absolute atomic E-state index is 0.0622. The van der Waals surface area contributed by atoms with Gasteiger partial charge in [-0.15, -0.1) is 11.3 Å². The molecule has 5 rings (SSSR count). The lowest BCUT2D eigenvalue weighted by Crippen LogP contribution is -2.34. The van der Waals surface area contributed by atoms with Gasteiger partial charge in [0.05, 0.1) is 21.1 Å². The molecule has 9 heteroatoms. The number of nitrogens with one attached hydrogen (secondary N) is 1. The third-order valence-electron chi connectivity index (χ3n) is 5.71. The van der Waals surface area contributed by atoms with Gasteiger partial charge in [-0.25, -0.2) is 9.37 Å². The van der Waals surface area contributed by atoms with Gasteiger partial charge in [-0.3, -0.25) is 4.57 Å². The number of hydrogen-bond donors (Lipinski definition) is 1. The van der Waals surface area contributed by atoms with Crippen LogP contribution < -0.4 is 14.8 Å². The van der Waals surface area contributed by atoms with Crippen LogP contribution in [0.25, 0.3) is 16.0 Å². The Kier molecular flexibility index (Phi) is 6.47. The number of rotatable bonds is 6. The number of imidazole rings is 1. The molecule has 0 spiro atoms. The topological polar surface area (TPSA) is 48.3 Å². The van der Waals surface area contributed by atoms with E-state index in [0.717, 1.165) is 42.0 Å². The van der Waals surface area contributed by atoms with E-state index >= 15 is 0 Å². The van der Waals surface area contributed by atoms with E-state index in [1.54, 1.807) is 12.4 Å². The van der Waals surface area contributed by atoms with Crippen LogP contribution in [0.4, 0.5) is 4.39 Å². The predicted molar refractivity (Wildman–Crippen MR) is 131 cm³/mol. The van der Waals surface area contributed by atoms with E-state index in [9.17, 15) is 4.39 Å². The second-order valence-electron chi connectivity index (χ2n) is 7.98. The number of halogens is 3. The summed E-state index contributed by atoms with van der Waals surface area (Å²) in [5.41, 5.74) is 2.14. The maximum Gasteiger partial charge on any atom is 0.144 e. The van der Waals surface area contributed by atoms with Gasteiger partial charge in [-0.2, -0.15) is 0 Å². The Morgan fingerprint density at radius 3 is 2.85 bits per heavy atom. The average Bonchev–Trinajstić information content (AvgIpc) is 3.43. The molecule has 5 nitrogen and oxygen atoms in total. The first-order chi connectivity index (χ1) is 16.0. The van der Waals surface area contributed by atoms with Gasteiger partial charge in [0.1, 0.15) is 40.9 Å². The van der Waals surface area contributed by atoms with Crippen LogP contribution in [0.5, 0.6) is 11.5 Å². The predicted octanol–water partition coefficient (Wildman–Crippen LogP) is 6.80. The molecule has 1 saturated heterocycles.